The van der Waals surface area contributed by atoms with Crippen LogP contribution in [0, 0.1) is 11.3 Å². The normalized spacial score (nSPS) is 9.42. The highest BCUT2D eigenvalue weighted by Gasteiger charge is 2.00. The molecule has 0 spiro atoms. The molecule has 0 bridgehead atoms. The lowest BCUT2D eigenvalue weighted by atomic mass is 10.2. The van der Waals surface area contributed by atoms with Gasteiger partial charge in [-0.3, -0.25) is 0 Å². The fourth-order valence-corrected chi connectivity index (χ4v) is 1.58. The molecular weight excluding hydrogens is 284 g/mol. The lowest BCUT2D eigenvalue weighted by Crippen LogP contribution is -1.90. The highest BCUT2D eigenvalue weighted by molar-refractivity contribution is 9.10. The van der Waals surface area contributed by atoms with E-state index in [0.29, 0.717) is 10.2 Å². The summed E-state index contributed by atoms with van der Waals surface area (Å²) in [6.45, 7) is 0. The van der Waals surface area contributed by atoms with E-state index in [-0.39, 0.29) is 0 Å². The number of rotatable bonds is 2. The van der Waals surface area contributed by atoms with E-state index >= 15 is 0 Å². The quantitative estimate of drug-likeness (QED) is 0.620. The first kappa shape index (κ1) is 9.69. The van der Waals surface area contributed by atoms with Gasteiger partial charge in [-0.25, -0.2) is 4.98 Å². The van der Waals surface area contributed by atoms with E-state index in [1.54, 1.807) is 6.20 Å². The van der Waals surface area contributed by atoms with Crippen LogP contribution in [0.1, 0.15) is 11.1 Å². The number of hydrogen-bond acceptors (Lipinski definition) is 2. The van der Waals surface area contributed by atoms with Crippen LogP contribution in [-0.2, 0) is 6.42 Å². The van der Waals surface area contributed by atoms with Gasteiger partial charge in [0.1, 0.15) is 10.7 Å². The summed E-state index contributed by atoms with van der Waals surface area (Å²) in [7, 11) is 0. The molecule has 1 rings (SSSR count). The van der Waals surface area contributed by atoms with Gasteiger partial charge in [0, 0.05) is 11.5 Å². The minimum atomic E-state index is 0.591. The fraction of sp³-hybridized carbons (Fsp3) is 0.250. The molecule has 62 valence electrons. The van der Waals surface area contributed by atoms with Crippen molar-refractivity contribution in [2.24, 2.45) is 0 Å². The number of aromatic nitrogens is 1. The molecule has 12 heavy (non-hydrogen) atoms. The van der Waals surface area contributed by atoms with Crippen LogP contribution in [0.2, 0.25) is 0 Å². The third-order valence-electron chi connectivity index (χ3n) is 1.40. The van der Waals surface area contributed by atoms with Gasteiger partial charge in [0.25, 0.3) is 0 Å². The molecule has 1 aromatic rings. The third-order valence-corrected chi connectivity index (χ3v) is 2.43. The molecule has 0 fully saturated rings. The van der Waals surface area contributed by atoms with Crippen molar-refractivity contribution >= 4 is 31.9 Å². The molecule has 0 atom stereocenters. The van der Waals surface area contributed by atoms with Gasteiger partial charge in [-0.05, 0) is 34.0 Å². The molecule has 0 aliphatic heterocycles. The predicted molar refractivity (Wildman–Crippen MR) is 54.2 cm³/mol. The summed E-state index contributed by atoms with van der Waals surface area (Å²) in [4.78, 5) is 4.04. The number of nitrogens with zero attached hydrogens (tertiary/aromatic N) is 2. The Hall–Kier alpha value is -0.400. The first-order chi connectivity index (χ1) is 5.77. The molecule has 0 unspecified atom stereocenters. The van der Waals surface area contributed by atoms with E-state index < -0.39 is 0 Å². The summed E-state index contributed by atoms with van der Waals surface area (Å²) in [5.41, 5.74) is 1.67. The van der Waals surface area contributed by atoms with E-state index in [4.69, 9.17) is 5.26 Å². The fourth-order valence-electron chi connectivity index (χ4n) is 0.816. The Kier molecular flexibility index (Phi) is 3.70. The Bertz CT molecular complexity index is 317. The molecule has 2 nitrogen and oxygen atoms in total. The summed E-state index contributed by atoms with van der Waals surface area (Å²) in [5, 5.41) is 9.57. The smallest absolute Gasteiger partial charge is 0.123 e. The van der Waals surface area contributed by atoms with Crippen molar-refractivity contribution in [3.8, 4) is 6.07 Å². The molecular formula is C8H6Br2N2. The SMILES string of the molecule is N#Cc1cc(CCBr)cnc1Br. The minimum absolute atomic E-state index is 0.591. The zero-order valence-corrected chi connectivity index (χ0v) is 9.39. The molecule has 0 N–H and O–H groups in total. The second kappa shape index (κ2) is 4.58. The number of alkyl halides is 1. The number of halogens is 2. The largest absolute Gasteiger partial charge is 0.248 e. The molecule has 1 heterocycles. The first-order valence-electron chi connectivity index (χ1n) is 3.38. The third kappa shape index (κ3) is 2.29. The summed E-state index contributed by atoms with van der Waals surface area (Å²) in [5.74, 6) is 0. The standard InChI is InChI=1S/C8H6Br2N2/c9-2-1-6-3-7(4-11)8(10)12-5-6/h3,5H,1-2H2. The van der Waals surface area contributed by atoms with E-state index in [9.17, 15) is 0 Å². The van der Waals surface area contributed by atoms with Crippen LogP contribution in [0.25, 0.3) is 0 Å². The molecule has 0 radical (unpaired) electrons. The first-order valence-corrected chi connectivity index (χ1v) is 5.30. The van der Waals surface area contributed by atoms with Crippen LogP contribution >= 0.6 is 31.9 Å². The van der Waals surface area contributed by atoms with Crippen LogP contribution < -0.4 is 0 Å². The van der Waals surface area contributed by atoms with E-state index in [1.807, 2.05) is 6.07 Å². The van der Waals surface area contributed by atoms with Crippen LogP contribution in [0.5, 0.6) is 0 Å². The van der Waals surface area contributed by atoms with Crippen molar-refractivity contribution < 1.29 is 0 Å². The minimum Gasteiger partial charge on any atom is -0.248 e. The van der Waals surface area contributed by atoms with Crippen LogP contribution in [0.3, 0.4) is 0 Å². The number of nitriles is 1. The molecule has 0 saturated carbocycles. The summed E-state index contributed by atoms with van der Waals surface area (Å²) in [6, 6.07) is 3.91. The van der Waals surface area contributed by atoms with Crippen molar-refractivity contribution in [2.45, 2.75) is 6.42 Å². The van der Waals surface area contributed by atoms with Gasteiger partial charge < -0.3 is 0 Å². The Morgan fingerprint density at radius 3 is 2.92 bits per heavy atom. The van der Waals surface area contributed by atoms with Crippen molar-refractivity contribution in [1.82, 2.24) is 4.98 Å². The highest BCUT2D eigenvalue weighted by Crippen LogP contribution is 2.14. The molecule has 0 saturated heterocycles. The molecule has 0 amide bonds. The van der Waals surface area contributed by atoms with E-state index in [0.717, 1.165) is 17.3 Å². The van der Waals surface area contributed by atoms with Crippen molar-refractivity contribution in [3.63, 3.8) is 0 Å². The lowest BCUT2D eigenvalue weighted by molar-refractivity contribution is 1.10. The number of aryl methyl sites for hydroxylation is 1. The summed E-state index contributed by atoms with van der Waals surface area (Å²) in [6.07, 6.45) is 2.67. The topological polar surface area (TPSA) is 36.7 Å². The monoisotopic (exact) mass is 288 g/mol. The van der Waals surface area contributed by atoms with Crippen molar-refractivity contribution in [1.29, 1.82) is 5.26 Å². The summed E-state index contributed by atoms with van der Waals surface area (Å²) < 4.78 is 0.614. The van der Waals surface area contributed by atoms with Crippen LogP contribution in [-0.4, -0.2) is 10.3 Å². The average molecular weight is 290 g/mol. The van der Waals surface area contributed by atoms with Gasteiger partial charge in [-0.1, -0.05) is 15.9 Å². The van der Waals surface area contributed by atoms with E-state index in [1.165, 1.54) is 0 Å². The van der Waals surface area contributed by atoms with Gasteiger partial charge in [-0.15, -0.1) is 0 Å². The molecule has 1 aromatic heterocycles. The van der Waals surface area contributed by atoms with E-state index in [2.05, 4.69) is 42.9 Å². The Morgan fingerprint density at radius 2 is 2.33 bits per heavy atom. The lowest BCUT2D eigenvalue weighted by Gasteiger charge is -1.98. The highest BCUT2D eigenvalue weighted by atomic mass is 79.9. The number of pyridine rings is 1. The predicted octanol–water partition coefficient (Wildman–Crippen LogP) is 2.65. The zero-order valence-electron chi connectivity index (χ0n) is 6.22. The Balaban J connectivity index is 2.99. The Morgan fingerprint density at radius 1 is 1.58 bits per heavy atom. The zero-order chi connectivity index (χ0) is 8.97. The second-order valence-electron chi connectivity index (χ2n) is 2.23. The molecule has 4 heteroatoms. The van der Waals surface area contributed by atoms with Gasteiger partial charge >= 0.3 is 0 Å². The van der Waals surface area contributed by atoms with Crippen molar-refractivity contribution in [3.05, 3.63) is 28.0 Å². The maximum Gasteiger partial charge on any atom is 0.123 e. The summed E-state index contributed by atoms with van der Waals surface area (Å²) >= 11 is 6.53. The Labute approximate surface area is 87.9 Å². The average Bonchev–Trinajstić information content (AvgIpc) is 2.09. The van der Waals surface area contributed by atoms with Crippen molar-refractivity contribution in [2.75, 3.05) is 5.33 Å². The molecule has 0 aliphatic carbocycles. The van der Waals surface area contributed by atoms with Crippen LogP contribution in [0.15, 0.2) is 16.9 Å². The van der Waals surface area contributed by atoms with Gasteiger partial charge in [0.15, 0.2) is 0 Å². The van der Waals surface area contributed by atoms with Gasteiger partial charge in [0.05, 0.1) is 5.56 Å². The maximum absolute atomic E-state index is 8.68. The number of hydrogen-bond donors (Lipinski definition) is 0. The van der Waals surface area contributed by atoms with Gasteiger partial charge in [0.2, 0.25) is 0 Å². The molecule has 0 aliphatic rings. The maximum atomic E-state index is 8.68. The van der Waals surface area contributed by atoms with Gasteiger partial charge in [-0.2, -0.15) is 5.26 Å². The molecule has 0 aromatic carbocycles. The second-order valence-corrected chi connectivity index (χ2v) is 3.78. The van der Waals surface area contributed by atoms with Crippen LogP contribution in [0.4, 0.5) is 0 Å².